The summed E-state index contributed by atoms with van der Waals surface area (Å²) < 4.78 is 69.1. The summed E-state index contributed by atoms with van der Waals surface area (Å²) in [6, 6.07) is 1.95. The SMILES string of the molecule is CC(C)(C)[C@@H]1NC(=O)O[C@@H]2C[C@@H]3C[C@@H]3[C@H]2CCCCCn2c(nc3cc(Cl)ccc3c2=O)O[C@@H]2C[C@@H](C(=O)N[C@]3(C(=O)NS(=O)(=O)C4(C)CC4)C[C@H]3C(F)F)N(C2)C1=O. The maximum atomic E-state index is 14.8. The predicted octanol–water partition coefficient (Wildman–Crippen LogP) is 4.28. The number of sulfonamides is 1. The van der Waals surface area contributed by atoms with Gasteiger partial charge in [-0.05, 0) is 93.2 Å². The highest BCUT2D eigenvalue weighted by atomic mass is 35.5. The number of alkyl halides is 2. The van der Waals surface area contributed by atoms with Crippen molar-refractivity contribution >= 4 is 56.3 Å². The van der Waals surface area contributed by atoms with E-state index >= 15 is 0 Å². The maximum absolute atomic E-state index is 14.8. The molecule has 15 nitrogen and oxygen atoms in total. The number of aromatic nitrogens is 2. The summed E-state index contributed by atoms with van der Waals surface area (Å²) >= 11 is 6.28. The minimum absolute atomic E-state index is 0.0651. The van der Waals surface area contributed by atoms with Crippen LogP contribution in [0.2, 0.25) is 5.02 Å². The van der Waals surface area contributed by atoms with Crippen LogP contribution in [0.15, 0.2) is 23.0 Å². The molecule has 6 aliphatic rings. The Morgan fingerprint density at radius 3 is 2.47 bits per heavy atom. The number of nitrogens with one attached hydrogen (secondary N) is 3. The number of alkyl carbamates (subject to hydrolysis) is 1. The number of carbonyl (C=O) groups excluding carboxylic acids is 4. The number of hydrogen-bond acceptors (Lipinski definition) is 10. The van der Waals surface area contributed by atoms with Gasteiger partial charge >= 0.3 is 6.09 Å². The first-order valence-electron chi connectivity index (χ1n) is 20.5. The third-order valence-corrected chi connectivity index (χ3v) is 15.9. The quantitative estimate of drug-likeness (QED) is 0.378. The number of rotatable bonds is 6. The van der Waals surface area contributed by atoms with Crippen molar-refractivity contribution in [2.75, 3.05) is 6.54 Å². The molecule has 4 aliphatic carbocycles. The Balaban J connectivity index is 1.14. The monoisotopic (exact) mass is 864 g/mol. The summed E-state index contributed by atoms with van der Waals surface area (Å²) in [5.74, 6) is -3.59. The Hall–Kier alpha value is -4.06. The molecule has 3 heterocycles. The molecule has 2 aromatic rings. The molecule has 2 aliphatic heterocycles. The zero-order valence-electron chi connectivity index (χ0n) is 33.5. The predicted molar refractivity (Wildman–Crippen MR) is 210 cm³/mol. The van der Waals surface area contributed by atoms with Crippen LogP contribution in [0.25, 0.3) is 10.9 Å². The van der Waals surface area contributed by atoms with Crippen molar-refractivity contribution < 1.29 is 45.9 Å². The Bertz CT molecular complexity index is 2250. The molecule has 8 rings (SSSR count). The first-order chi connectivity index (χ1) is 27.7. The molecule has 4 saturated carbocycles. The summed E-state index contributed by atoms with van der Waals surface area (Å²) in [6.45, 7) is 6.61. The lowest BCUT2D eigenvalue weighted by atomic mass is 9.85. The van der Waals surface area contributed by atoms with E-state index in [1.54, 1.807) is 32.9 Å². The first kappa shape index (κ1) is 41.7. The van der Waals surface area contributed by atoms with Crippen LogP contribution in [0, 0.1) is 29.1 Å². The Kier molecular flexibility index (Phi) is 10.5. The first-order valence-corrected chi connectivity index (χ1v) is 22.4. The van der Waals surface area contributed by atoms with E-state index in [4.69, 9.17) is 21.1 Å². The maximum Gasteiger partial charge on any atom is 0.408 e. The molecule has 0 unspecified atom stereocenters. The van der Waals surface area contributed by atoms with Gasteiger partial charge in [0.05, 0.1) is 28.1 Å². The molecule has 322 valence electrons. The van der Waals surface area contributed by atoms with Gasteiger partial charge in [0.15, 0.2) is 0 Å². The number of fused-ring (bicyclic) bond motifs is 7. The summed E-state index contributed by atoms with van der Waals surface area (Å²) in [6.07, 6.45) is -0.552. The highest BCUT2D eigenvalue weighted by Gasteiger charge is 2.67. The second-order valence-electron chi connectivity index (χ2n) is 18.8. The van der Waals surface area contributed by atoms with E-state index in [2.05, 4.69) is 15.6 Å². The molecule has 3 N–H and O–H groups in total. The normalized spacial score (nSPS) is 33.0. The van der Waals surface area contributed by atoms with Crippen LogP contribution in [0.5, 0.6) is 6.01 Å². The Morgan fingerprint density at radius 1 is 1.05 bits per heavy atom. The molecule has 0 radical (unpaired) electrons. The van der Waals surface area contributed by atoms with Gasteiger partial charge in [0, 0.05) is 18.0 Å². The molecule has 59 heavy (non-hydrogen) atoms. The third-order valence-electron chi connectivity index (χ3n) is 13.5. The summed E-state index contributed by atoms with van der Waals surface area (Å²) in [7, 11) is -4.26. The van der Waals surface area contributed by atoms with Crippen LogP contribution in [0.1, 0.15) is 91.9 Å². The minimum atomic E-state index is -4.26. The molecule has 0 spiro atoms. The van der Waals surface area contributed by atoms with Crippen molar-refractivity contribution in [3.05, 3.63) is 33.6 Å². The second kappa shape index (κ2) is 14.8. The Morgan fingerprint density at radius 2 is 1.80 bits per heavy atom. The molecular formula is C40H51ClF2N6O9S. The van der Waals surface area contributed by atoms with Crippen LogP contribution >= 0.6 is 11.6 Å². The number of hydrogen-bond donors (Lipinski definition) is 3. The highest BCUT2D eigenvalue weighted by molar-refractivity contribution is 7.91. The van der Waals surface area contributed by atoms with Gasteiger partial charge in [0.25, 0.3) is 17.5 Å². The standard InChI is InChI=1S/C40H51ClF2N6O9S/c1-38(2,3)30-34(52)49-19-22(17-28(49)32(50)46-40(18-26(40)31(42)43)35(53)47-59(55,56)39(4)11-12-39)57-36-44-27-16-21(41)9-10-24(27)33(51)48(36)13-7-5-6-8-23-25-14-20(25)15-29(23)58-37(54)45-30/h9-10,16,20,22-23,25-26,28-31H,5-8,11-15,17-19H2,1-4H3,(H,45,54)(H,46,50)(H,47,53)/t20-,22+,23+,25-,26-,28-,29+,30+,40+/m0/s1. The summed E-state index contributed by atoms with van der Waals surface area (Å²) in [5.41, 5.74) is -3.30. The van der Waals surface area contributed by atoms with E-state index in [0.717, 1.165) is 32.1 Å². The van der Waals surface area contributed by atoms with Crippen molar-refractivity contribution in [2.24, 2.45) is 29.1 Å². The lowest BCUT2D eigenvalue weighted by molar-refractivity contribution is -0.143. The fourth-order valence-electron chi connectivity index (χ4n) is 9.40. The number of halogens is 3. The van der Waals surface area contributed by atoms with Gasteiger partial charge in [-0.3, -0.25) is 28.5 Å². The van der Waals surface area contributed by atoms with E-state index in [1.165, 1.54) is 22.5 Å². The average molecular weight is 865 g/mol. The van der Waals surface area contributed by atoms with E-state index in [9.17, 15) is 41.2 Å². The van der Waals surface area contributed by atoms with Gasteiger partial charge in [-0.1, -0.05) is 45.2 Å². The van der Waals surface area contributed by atoms with E-state index < -0.39 is 86.5 Å². The van der Waals surface area contributed by atoms with E-state index in [1.807, 2.05) is 4.72 Å². The van der Waals surface area contributed by atoms with Crippen molar-refractivity contribution in [1.29, 1.82) is 0 Å². The van der Waals surface area contributed by atoms with Crippen molar-refractivity contribution in [2.45, 2.75) is 139 Å². The van der Waals surface area contributed by atoms with Crippen LogP contribution in [0.4, 0.5) is 13.6 Å². The fraction of sp³-hybridized carbons (Fsp3) is 0.700. The van der Waals surface area contributed by atoms with Gasteiger partial charge in [-0.15, -0.1) is 0 Å². The van der Waals surface area contributed by atoms with E-state index in [-0.39, 0.29) is 61.5 Å². The molecule has 1 saturated heterocycles. The smallest absolute Gasteiger partial charge is 0.408 e. The molecular weight excluding hydrogens is 814 g/mol. The van der Waals surface area contributed by atoms with Crippen LogP contribution in [-0.4, -0.2) is 94.2 Å². The molecule has 5 fully saturated rings. The van der Waals surface area contributed by atoms with Crippen molar-refractivity contribution in [3.63, 3.8) is 0 Å². The second-order valence-corrected chi connectivity index (χ2v) is 21.4. The molecule has 9 atom stereocenters. The zero-order valence-corrected chi connectivity index (χ0v) is 35.0. The third kappa shape index (κ3) is 7.87. The van der Waals surface area contributed by atoms with Crippen LogP contribution < -0.4 is 25.7 Å². The lowest BCUT2D eigenvalue weighted by Gasteiger charge is -2.36. The summed E-state index contributed by atoms with van der Waals surface area (Å²) in [4.78, 5) is 76.1. The van der Waals surface area contributed by atoms with Crippen LogP contribution in [0.3, 0.4) is 0 Å². The molecule has 19 heteroatoms. The van der Waals surface area contributed by atoms with E-state index in [0.29, 0.717) is 28.7 Å². The topological polar surface area (TPSA) is 195 Å². The van der Waals surface area contributed by atoms with Gasteiger partial charge in [0.2, 0.25) is 28.3 Å². The van der Waals surface area contributed by atoms with Crippen molar-refractivity contribution in [1.82, 2.24) is 29.8 Å². The highest BCUT2D eigenvalue weighted by Crippen LogP contribution is 2.58. The number of nitrogens with zero attached hydrogens (tertiary/aromatic N) is 3. The Labute approximate surface area is 345 Å². The van der Waals surface area contributed by atoms with Gasteiger partial charge in [0.1, 0.15) is 29.8 Å². The van der Waals surface area contributed by atoms with Gasteiger partial charge < -0.3 is 25.0 Å². The molecule has 1 aromatic heterocycles. The van der Waals surface area contributed by atoms with Crippen molar-refractivity contribution in [3.8, 4) is 6.01 Å². The fourth-order valence-corrected chi connectivity index (χ4v) is 10.9. The largest absolute Gasteiger partial charge is 0.459 e. The molecule has 2 bridgehead atoms. The number of amides is 4. The van der Waals surface area contributed by atoms with Gasteiger partial charge in [-0.2, -0.15) is 4.98 Å². The number of carbonyl (C=O) groups is 4. The molecule has 1 aromatic carbocycles. The average Bonchev–Trinajstić information content (AvgIpc) is 4.11. The lowest BCUT2D eigenvalue weighted by Crippen LogP contribution is -2.60. The number of benzene rings is 1. The minimum Gasteiger partial charge on any atom is -0.459 e. The molecule has 4 amide bonds. The van der Waals surface area contributed by atoms with Crippen LogP contribution in [-0.2, 0) is 35.7 Å². The zero-order chi connectivity index (χ0) is 42.4. The summed E-state index contributed by atoms with van der Waals surface area (Å²) in [5, 5.41) is 5.85. The number of ether oxygens (including phenoxy) is 2. The van der Waals surface area contributed by atoms with Gasteiger partial charge in [-0.25, -0.2) is 22.0 Å².